The van der Waals surface area contributed by atoms with Crippen molar-refractivity contribution in [1.82, 2.24) is 44.9 Å². The van der Waals surface area contributed by atoms with Crippen molar-refractivity contribution in [3.63, 3.8) is 0 Å². The third-order valence-electron chi connectivity index (χ3n) is 8.27. The number of rotatable bonds is 0. The molecule has 210 valence electrons. The van der Waals surface area contributed by atoms with Crippen LogP contribution in [0.1, 0.15) is 0 Å². The summed E-state index contributed by atoms with van der Waals surface area (Å²) in [6.45, 7) is 0. The Morgan fingerprint density at radius 1 is 0.356 bits per heavy atom. The van der Waals surface area contributed by atoms with Crippen LogP contribution in [0.4, 0.5) is 0 Å². The summed E-state index contributed by atoms with van der Waals surface area (Å²) in [5.41, 5.74) is 3.14. The van der Waals surface area contributed by atoms with Gasteiger partial charge in [0.1, 0.15) is 0 Å². The summed E-state index contributed by atoms with van der Waals surface area (Å²) < 4.78 is 0. The Labute approximate surface area is 247 Å². The lowest BCUT2D eigenvalue weighted by Gasteiger charge is -2.12. The first-order valence-electron chi connectivity index (χ1n) is 14.0. The fourth-order valence-electron chi connectivity index (χ4n) is 6.25. The van der Waals surface area contributed by atoms with Crippen LogP contribution in [0.2, 0.25) is 0 Å². The van der Waals surface area contributed by atoms with Gasteiger partial charge in [-0.1, -0.05) is 36.4 Å². The van der Waals surface area contributed by atoms with Crippen LogP contribution >= 0.6 is 0 Å². The van der Waals surface area contributed by atoms with Gasteiger partial charge in [0.15, 0.2) is 33.5 Å². The SMILES string of the molecule is O=c1c2nc3ccccc3nc2[nH]c2c1c1[nH]c3nc4ccccc4nc3c(=O)c1c1[nH]c3nc4ccccc4nc3c(=O)c21. The Morgan fingerprint density at radius 2 is 0.600 bits per heavy atom. The molecule has 10 aromatic rings. The van der Waals surface area contributed by atoms with Crippen molar-refractivity contribution in [1.29, 1.82) is 0 Å². The number of aromatic amines is 3. The van der Waals surface area contributed by atoms with Gasteiger partial charge in [-0.3, -0.25) is 14.4 Å². The summed E-state index contributed by atoms with van der Waals surface area (Å²) in [4.78, 5) is 80.6. The molecule has 4 aromatic carbocycles. The highest BCUT2D eigenvalue weighted by atomic mass is 16.1. The Bertz CT molecular complexity index is 2810. The highest BCUT2D eigenvalue weighted by Gasteiger charge is 2.24. The first-order chi connectivity index (χ1) is 22.0. The minimum atomic E-state index is -0.503. The van der Waals surface area contributed by atoms with E-state index in [2.05, 4.69) is 44.9 Å². The smallest absolute Gasteiger partial charge is 0.219 e. The second-order valence-electron chi connectivity index (χ2n) is 10.8. The van der Waals surface area contributed by atoms with Crippen molar-refractivity contribution in [2.45, 2.75) is 0 Å². The number of H-pyrrole nitrogens is 3. The zero-order chi connectivity index (χ0) is 30.0. The van der Waals surface area contributed by atoms with Crippen molar-refractivity contribution in [3.05, 3.63) is 103 Å². The van der Waals surface area contributed by atoms with E-state index in [-0.39, 0.29) is 66.2 Å². The zero-order valence-electron chi connectivity index (χ0n) is 22.8. The van der Waals surface area contributed by atoms with E-state index in [9.17, 15) is 14.4 Å². The number of benzene rings is 4. The number of fused-ring (bicyclic) bond motifs is 12. The van der Waals surface area contributed by atoms with Crippen LogP contribution in [0.15, 0.2) is 87.2 Å². The molecule has 0 aliphatic carbocycles. The molecule has 0 aliphatic rings. The standard InChI is InChI=1S/C33H15N9O3/c43-28-19-22(40-31-25(28)34-13-7-1-4-10-16(13)37-31)20-24(42-33-26(29(20)44)35-15-9-3-6-12-18(15)39-33)21-23(19)41-32-27(30(21)45)36-14-8-2-5-11-17(14)38-32/h1-12H,(H,37,40,43)(H,38,41,45)(H,39,42,44). The average Bonchev–Trinajstić information content (AvgIpc) is 3.06. The molecule has 0 amide bonds. The van der Waals surface area contributed by atoms with E-state index in [0.717, 1.165) is 0 Å². The van der Waals surface area contributed by atoms with Crippen LogP contribution in [0.3, 0.4) is 0 Å². The number of para-hydroxylation sites is 6. The van der Waals surface area contributed by atoms with Crippen LogP contribution in [0.5, 0.6) is 0 Å². The number of hydrogen-bond acceptors (Lipinski definition) is 9. The minimum Gasteiger partial charge on any atom is -0.337 e. The number of aromatic nitrogens is 9. The highest BCUT2D eigenvalue weighted by molar-refractivity contribution is 6.25. The Morgan fingerprint density at radius 3 is 0.867 bits per heavy atom. The molecule has 12 heteroatoms. The van der Waals surface area contributed by atoms with Gasteiger partial charge in [-0.2, -0.15) is 0 Å². The normalized spacial score (nSPS) is 12.3. The molecule has 0 saturated carbocycles. The van der Waals surface area contributed by atoms with Crippen molar-refractivity contribution < 1.29 is 0 Å². The molecule has 0 radical (unpaired) electrons. The fourth-order valence-corrected chi connectivity index (χ4v) is 6.25. The third-order valence-corrected chi connectivity index (χ3v) is 8.27. The summed E-state index contributed by atoms with van der Waals surface area (Å²) in [7, 11) is 0. The molecule has 0 saturated heterocycles. The van der Waals surface area contributed by atoms with Gasteiger partial charge in [0.2, 0.25) is 16.3 Å². The molecule has 3 N–H and O–H groups in total. The topological polar surface area (TPSA) is 176 Å². The van der Waals surface area contributed by atoms with E-state index in [0.29, 0.717) is 33.1 Å². The Hall–Kier alpha value is -6.69. The van der Waals surface area contributed by atoms with Crippen molar-refractivity contribution >= 4 is 99.3 Å². The van der Waals surface area contributed by atoms with E-state index in [1.165, 1.54) is 0 Å². The maximum Gasteiger partial charge on any atom is 0.219 e. The largest absolute Gasteiger partial charge is 0.337 e. The maximum absolute atomic E-state index is 14.4. The van der Waals surface area contributed by atoms with Crippen LogP contribution in [0, 0.1) is 0 Å². The second-order valence-corrected chi connectivity index (χ2v) is 10.8. The first-order valence-corrected chi connectivity index (χ1v) is 14.0. The van der Waals surface area contributed by atoms with Gasteiger partial charge in [0, 0.05) is 0 Å². The molecule has 0 fully saturated rings. The average molecular weight is 586 g/mol. The van der Waals surface area contributed by atoms with Gasteiger partial charge in [-0.25, -0.2) is 29.9 Å². The van der Waals surface area contributed by atoms with Crippen LogP contribution in [-0.4, -0.2) is 44.9 Å². The van der Waals surface area contributed by atoms with E-state index < -0.39 is 16.3 Å². The fraction of sp³-hybridized carbons (Fsp3) is 0. The third kappa shape index (κ3) is 3.11. The van der Waals surface area contributed by atoms with Crippen LogP contribution in [-0.2, 0) is 0 Å². The molecule has 12 nitrogen and oxygen atoms in total. The molecule has 45 heavy (non-hydrogen) atoms. The molecule has 0 aliphatic heterocycles. The molecule has 10 rings (SSSR count). The van der Waals surface area contributed by atoms with Gasteiger partial charge in [0.05, 0.1) is 65.8 Å². The number of nitrogens with one attached hydrogen (secondary N) is 3. The highest BCUT2D eigenvalue weighted by Crippen LogP contribution is 2.31. The lowest BCUT2D eigenvalue weighted by Crippen LogP contribution is -2.17. The summed E-state index contributed by atoms with van der Waals surface area (Å²) in [6.07, 6.45) is 0. The maximum atomic E-state index is 14.4. The quantitative estimate of drug-likeness (QED) is 0.171. The molecule has 0 bridgehead atoms. The van der Waals surface area contributed by atoms with Gasteiger partial charge >= 0.3 is 0 Å². The zero-order valence-corrected chi connectivity index (χ0v) is 22.8. The molecule has 0 spiro atoms. The summed E-state index contributed by atoms with van der Waals surface area (Å²) in [5, 5.41) is 0.214. The van der Waals surface area contributed by atoms with Crippen molar-refractivity contribution in [2.75, 3.05) is 0 Å². The second kappa shape index (κ2) is 8.23. The molecule has 6 heterocycles. The Kier molecular flexibility index (Phi) is 4.36. The molecule has 6 aromatic heterocycles. The Balaban J connectivity index is 1.52. The number of pyridine rings is 3. The van der Waals surface area contributed by atoms with Crippen LogP contribution < -0.4 is 16.3 Å². The van der Waals surface area contributed by atoms with Gasteiger partial charge in [-0.05, 0) is 36.4 Å². The number of nitrogens with zero attached hydrogens (tertiary/aromatic N) is 6. The lowest BCUT2D eigenvalue weighted by atomic mass is 10.0. The van der Waals surface area contributed by atoms with Gasteiger partial charge in [0.25, 0.3) is 0 Å². The predicted octanol–water partition coefficient (Wildman–Crippen LogP) is 4.50. The van der Waals surface area contributed by atoms with E-state index >= 15 is 0 Å². The first kappa shape index (κ1) is 23.8. The van der Waals surface area contributed by atoms with E-state index in [4.69, 9.17) is 0 Å². The molecular weight excluding hydrogens is 570 g/mol. The summed E-state index contributed by atoms with van der Waals surface area (Å²) in [6, 6.07) is 21.6. The van der Waals surface area contributed by atoms with E-state index in [1.807, 2.05) is 36.4 Å². The van der Waals surface area contributed by atoms with E-state index in [1.54, 1.807) is 36.4 Å². The predicted molar refractivity (Wildman–Crippen MR) is 173 cm³/mol. The van der Waals surface area contributed by atoms with Crippen LogP contribution in [0.25, 0.3) is 99.3 Å². The number of hydrogen-bond donors (Lipinski definition) is 3. The molecular formula is C33H15N9O3. The summed E-state index contributed by atoms with van der Waals surface area (Å²) >= 11 is 0. The lowest BCUT2D eigenvalue weighted by molar-refractivity contribution is 1.29. The molecule has 0 atom stereocenters. The van der Waals surface area contributed by atoms with Gasteiger partial charge in [-0.15, -0.1) is 0 Å². The van der Waals surface area contributed by atoms with Crippen molar-refractivity contribution in [3.8, 4) is 0 Å². The molecule has 0 unspecified atom stereocenters. The van der Waals surface area contributed by atoms with Crippen molar-refractivity contribution in [2.24, 2.45) is 0 Å². The summed E-state index contributed by atoms with van der Waals surface area (Å²) in [5.74, 6) is 0. The minimum absolute atomic E-state index is 0.0652. The van der Waals surface area contributed by atoms with Gasteiger partial charge < -0.3 is 15.0 Å². The monoisotopic (exact) mass is 585 g/mol.